The predicted molar refractivity (Wildman–Crippen MR) is 91.5 cm³/mol. The number of hydrogen-bond donors (Lipinski definition) is 1. The van der Waals surface area contributed by atoms with E-state index in [9.17, 15) is 9.18 Å². The van der Waals surface area contributed by atoms with Crippen LogP contribution in [-0.2, 0) is 9.53 Å². The molecule has 132 valence electrons. The molecule has 1 aromatic carbocycles. The summed E-state index contributed by atoms with van der Waals surface area (Å²) in [4.78, 5) is 14.3. The lowest BCUT2D eigenvalue weighted by Gasteiger charge is -2.38. The van der Waals surface area contributed by atoms with E-state index in [1.54, 1.807) is 12.1 Å². The molecule has 24 heavy (non-hydrogen) atoms. The smallest absolute Gasteiger partial charge is 0.223 e. The third-order valence-corrected chi connectivity index (χ3v) is 5.32. The average molecular weight is 355 g/mol. The maximum Gasteiger partial charge on any atom is 0.223 e. The second-order valence-corrected chi connectivity index (χ2v) is 7.11. The van der Waals surface area contributed by atoms with Crippen LogP contribution in [0, 0.1) is 11.7 Å². The van der Waals surface area contributed by atoms with Crippen molar-refractivity contribution in [2.24, 2.45) is 5.92 Å². The number of nitrogens with zero attached hydrogens (tertiary/aromatic N) is 1. The fourth-order valence-corrected chi connectivity index (χ4v) is 3.67. The molecule has 1 saturated heterocycles. The molecule has 1 heterocycles. The quantitative estimate of drug-likeness (QED) is 0.883. The van der Waals surface area contributed by atoms with Gasteiger partial charge in [0.1, 0.15) is 5.82 Å². The Bertz CT molecular complexity index is 574. The fraction of sp³-hybridized carbons (Fsp3) is 0.611. The molecule has 2 aliphatic rings. The molecule has 1 amide bonds. The maximum absolute atomic E-state index is 14.5. The van der Waals surface area contributed by atoms with Crippen molar-refractivity contribution in [1.29, 1.82) is 0 Å². The largest absolute Gasteiger partial charge is 0.376 e. The third-order valence-electron chi connectivity index (χ3n) is 4.99. The Morgan fingerprint density at radius 1 is 1.50 bits per heavy atom. The number of carbonyl (C=O) groups is 1. The first kappa shape index (κ1) is 17.6. The summed E-state index contributed by atoms with van der Waals surface area (Å²) in [5.41, 5.74) is 0.460. The third kappa shape index (κ3) is 3.90. The molecule has 0 aromatic heterocycles. The van der Waals surface area contributed by atoms with Gasteiger partial charge in [-0.15, -0.1) is 0 Å². The van der Waals surface area contributed by atoms with Crippen LogP contribution >= 0.6 is 11.6 Å². The molecule has 0 radical (unpaired) electrons. The van der Waals surface area contributed by atoms with Gasteiger partial charge in [0.2, 0.25) is 5.91 Å². The van der Waals surface area contributed by atoms with Gasteiger partial charge in [-0.05, 0) is 31.9 Å². The Balaban J connectivity index is 1.78. The van der Waals surface area contributed by atoms with Crippen LogP contribution in [0.4, 0.5) is 4.39 Å². The molecule has 1 saturated carbocycles. The summed E-state index contributed by atoms with van der Waals surface area (Å²) in [5, 5.41) is 3.40. The molecule has 1 aromatic rings. The lowest BCUT2D eigenvalue weighted by Crippen LogP contribution is -2.47. The molecule has 6 heteroatoms. The SMILES string of the molecule is C[C@H]1CN([C@@H](CNC(=O)C2CCC2)c2c(F)cccc2Cl)CCO1. The molecule has 1 aliphatic heterocycles. The second-order valence-electron chi connectivity index (χ2n) is 6.70. The monoisotopic (exact) mass is 354 g/mol. The lowest BCUT2D eigenvalue weighted by atomic mass is 9.85. The molecule has 2 atom stereocenters. The highest BCUT2D eigenvalue weighted by Crippen LogP contribution is 2.32. The molecular weight excluding hydrogens is 331 g/mol. The number of hydrogen-bond acceptors (Lipinski definition) is 3. The van der Waals surface area contributed by atoms with Crippen molar-refractivity contribution in [2.75, 3.05) is 26.2 Å². The van der Waals surface area contributed by atoms with Gasteiger partial charge in [0.15, 0.2) is 0 Å². The van der Waals surface area contributed by atoms with E-state index in [-0.39, 0.29) is 29.8 Å². The van der Waals surface area contributed by atoms with Crippen LogP contribution in [-0.4, -0.2) is 43.2 Å². The fourth-order valence-electron chi connectivity index (χ4n) is 3.38. The van der Waals surface area contributed by atoms with Crippen molar-refractivity contribution < 1.29 is 13.9 Å². The van der Waals surface area contributed by atoms with Crippen molar-refractivity contribution in [3.63, 3.8) is 0 Å². The van der Waals surface area contributed by atoms with E-state index in [0.717, 1.165) is 19.3 Å². The van der Waals surface area contributed by atoms with Gasteiger partial charge in [0.25, 0.3) is 0 Å². The van der Waals surface area contributed by atoms with Gasteiger partial charge in [-0.1, -0.05) is 24.1 Å². The summed E-state index contributed by atoms with van der Waals surface area (Å²) in [7, 11) is 0. The van der Waals surface area contributed by atoms with Gasteiger partial charge in [0, 0.05) is 36.1 Å². The summed E-state index contributed by atoms with van der Waals surface area (Å²) < 4.78 is 20.0. The molecule has 3 rings (SSSR count). The van der Waals surface area contributed by atoms with Crippen molar-refractivity contribution in [1.82, 2.24) is 10.2 Å². The van der Waals surface area contributed by atoms with Crippen LogP contribution in [0.3, 0.4) is 0 Å². The van der Waals surface area contributed by atoms with E-state index in [4.69, 9.17) is 16.3 Å². The maximum atomic E-state index is 14.5. The van der Waals surface area contributed by atoms with E-state index in [1.165, 1.54) is 6.07 Å². The van der Waals surface area contributed by atoms with E-state index < -0.39 is 0 Å². The van der Waals surface area contributed by atoms with E-state index in [1.807, 2.05) is 6.92 Å². The normalized spacial score (nSPS) is 23.5. The summed E-state index contributed by atoms with van der Waals surface area (Å²) in [6, 6.07) is 4.44. The van der Waals surface area contributed by atoms with Crippen LogP contribution in [0.25, 0.3) is 0 Å². The minimum atomic E-state index is -0.329. The predicted octanol–water partition coefficient (Wildman–Crippen LogP) is 3.16. The minimum absolute atomic E-state index is 0.0695. The van der Waals surface area contributed by atoms with Crippen molar-refractivity contribution in [2.45, 2.75) is 38.3 Å². The zero-order chi connectivity index (χ0) is 17.1. The number of carbonyl (C=O) groups excluding carboxylic acids is 1. The zero-order valence-corrected chi connectivity index (χ0v) is 14.7. The Hall–Kier alpha value is -1.17. The van der Waals surface area contributed by atoms with Gasteiger partial charge < -0.3 is 10.1 Å². The Kier molecular flexibility index (Phi) is 5.74. The van der Waals surface area contributed by atoms with Crippen molar-refractivity contribution in [3.8, 4) is 0 Å². The highest BCUT2D eigenvalue weighted by molar-refractivity contribution is 6.31. The molecule has 1 N–H and O–H groups in total. The lowest BCUT2D eigenvalue weighted by molar-refractivity contribution is -0.127. The van der Waals surface area contributed by atoms with Gasteiger partial charge in [-0.2, -0.15) is 0 Å². The molecule has 2 fully saturated rings. The number of amides is 1. The summed E-state index contributed by atoms with van der Waals surface area (Å²) in [6.45, 7) is 4.34. The van der Waals surface area contributed by atoms with Crippen LogP contribution in [0.15, 0.2) is 18.2 Å². The van der Waals surface area contributed by atoms with E-state index >= 15 is 0 Å². The molecule has 0 spiro atoms. The highest BCUT2D eigenvalue weighted by Gasteiger charge is 2.31. The summed E-state index contributed by atoms with van der Waals surface area (Å²) >= 11 is 6.29. The minimum Gasteiger partial charge on any atom is -0.376 e. The van der Waals surface area contributed by atoms with Gasteiger partial charge in [-0.25, -0.2) is 4.39 Å². The number of nitrogens with one attached hydrogen (secondary N) is 1. The Morgan fingerprint density at radius 2 is 2.29 bits per heavy atom. The first-order chi connectivity index (χ1) is 11.6. The zero-order valence-electron chi connectivity index (χ0n) is 13.9. The molecular formula is C18H24ClFN2O2. The van der Waals surface area contributed by atoms with Crippen molar-refractivity contribution >= 4 is 17.5 Å². The number of halogens is 2. The number of rotatable bonds is 5. The standard InChI is InChI=1S/C18H24ClFN2O2/c1-12-11-22(8-9-24-12)16(10-21-18(23)13-4-2-5-13)17-14(19)6-3-7-15(17)20/h3,6-7,12-13,16H,2,4-5,8-11H2,1H3,(H,21,23)/t12-,16-/m0/s1. The first-order valence-corrected chi connectivity index (χ1v) is 9.01. The highest BCUT2D eigenvalue weighted by atomic mass is 35.5. The molecule has 4 nitrogen and oxygen atoms in total. The van der Waals surface area contributed by atoms with Crippen LogP contribution < -0.4 is 5.32 Å². The molecule has 0 bridgehead atoms. The summed E-state index contributed by atoms with van der Waals surface area (Å²) in [5.74, 6) is -0.144. The molecule has 1 aliphatic carbocycles. The molecule has 0 unspecified atom stereocenters. The number of morpholine rings is 1. The first-order valence-electron chi connectivity index (χ1n) is 8.63. The van der Waals surface area contributed by atoms with Crippen molar-refractivity contribution in [3.05, 3.63) is 34.6 Å². The van der Waals surface area contributed by atoms with Gasteiger partial charge in [0.05, 0.1) is 18.8 Å². The van der Waals surface area contributed by atoms with Crippen LogP contribution in [0.2, 0.25) is 5.02 Å². The topological polar surface area (TPSA) is 41.6 Å². The van der Waals surface area contributed by atoms with Gasteiger partial charge in [-0.3, -0.25) is 9.69 Å². The Labute approximate surface area is 147 Å². The summed E-state index contributed by atoms with van der Waals surface area (Å²) in [6.07, 6.45) is 3.09. The second kappa shape index (κ2) is 7.81. The van der Waals surface area contributed by atoms with Crippen LogP contribution in [0.5, 0.6) is 0 Å². The van der Waals surface area contributed by atoms with Crippen LogP contribution in [0.1, 0.15) is 37.8 Å². The number of ether oxygens (including phenoxy) is 1. The number of benzene rings is 1. The Morgan fingerprint density at radius 3 is 2.92 bits per heavy atom. The van der Waals surface area contributed by atoms with E-state index in [0.29, 0.717) is 36.8 Å². The van der Waals surface area contributed by atoms with Gasteiger partial charge >= 0.3 is 0 Å². The average Bonchev–Trinajstić information content (AvgIpc) is 2.48. The van der Waals surface area contributed by atoms with E-state index in [2.05, 4.69) is 10.2 Å².